The van der Waals surface area contributed by atoms with Gasteiger partial charge >= 0.3 is 0 Å². The Bertz CT molecular complexity index is 951. The molecule has 0 fully saturated rings. The molecule has 3 aromatic rings. The van der Waals surface area contributed by atoms with E-state index in [0.717, 1.165) is 21.8 Å². The first kappa shape index (κ1) is 15.3. The van der Waals surface area contributed by atoms with E-state index in [-0.39, 0.29) is 0 Å². The summed E-state index contributed by atoms with van der Waals surface area (Å²) in [6, 6.07) is 20.4. The number of rotatable bonds is 2. The molecule has 4 rings (SSSR count). The molecular weight excluding hydrogens is 336 g/mol. The third-order valence-electron chi connectivity index (χ3n) is 4.06. The summed E-state index contributed by atoms with van der Waals surface area (Å²) in [5, 5.41) is 2.64. The van der Waals surface area contributed by atoms with Crippen molar-refractivity contribution in [3.8, 4) is 5.75 Å². The average Bonchev–Trinajstić information content (AvgIpc) is 3.08. The third-order valence-corrected chi connectivity index (χ3v) is 5.21. The Morgan fingerprint density at radius 1 is 0.875 bits per heavy atom. The second-order valence-electron chi connectivity index (χ2n) is 5.63. The van der Waals surface area contributed by atoms with Gasteiger partial charge in [-0.1, -0.05) is 60.1 Å². The van der Waals surface area contributed by atoms with Crippen molar-refractivity contribution in [2.24, 2.45) is 0 Å². The molecule has 2 aromatic carbocycles. The largest absolute Gasteiger partial charge is 0.454 e. The molecule has 1 aliphatic rings. The number of thiophene rings is 1. The second kappa shape index (κ2) is 6.31. The van der Waals surface area contributed by atoms with Crippen LogP contribution in [0.25, 0.3) is 11.3 Å². The van der Waals surface area contributed by atoms with E-state index in [2.05, 4.69) is 31.2 Å². The molecule has 0 spiro atoms. The number of ether oxygens (including phenoxy) is 1. The fourth-order valence-corrected chi connectivity index (χ4v) is 3.91. The smallest absolute Gasteiger partial charge is 0.163 e. The van der Waals surface area contributed by atoms with Gasteiger partial charge in [-0.15, -0.1) is 11.3 Å². The summed E-state index contributed by atoms with van der Waals surface area (Å²) < 4.78 is 6.21. The van der Waals surface area contributed by atoms with Gasteiger partial charge in [0, 0.05) is 5.56 Å². The Labute approximate surface area is 150 Å². The van der Waals surface area contributed by atoms with E-state index < -0.39 is 0 Å². The zero-order chi connectivity index (χ0) is 16.5. The van der Waals surface area contributed by atoms with Crippen molar-refractivity contribution in [3.63, 3.8) is 0 Å². The SMILES string of the molecule is Cc1ccccc1C1=CC(Cl)=C(c2cccs2)Oc2ccccc21. The maximum absolute atomic E-state index is 6.65. The molecule has 0 aliphatic carbocycles. The maximum Gasteiger partial charge on any atom is 0.163 e. The Balaban J connectivity index is 1.97. The van der Waals surface area contributed by atoms with Crippen molar-refractivity contribution in [3.05, 3.63) is 98.7 Å². The van der Waals surface area contributed by atoms with Gasteiger partial charge < -0.3 is 4.74 Å². The minimum Gasteiger partial charge on any atom is -0.454 e. The topological polar surface area (TPSA) is 9.23 Å². The number of aryl methyl sites for hydroxylation is 1. The van der Waals surface area contributed by atoms with Gasteiger partial charge in [0.1, 0.15) is 5.75 Å². The number of hydrogen-bond donors (Lipinski definition) is 0. The van der Waals surface area contributed by atoms with Crippen LogP contribution >= 0.6 is 22.9 Å². The minimum atomic E-state index is 0.618. The van der Waals surface area contributed by atoms with E-state index in [4.69, 9.17) is 16.3 Å². The predicted octanol–water partition coefficient (Wildman–Crippen LogP) is 6.49. The van der Waals surface area contributed by atoms with Gasteiger partial charge in [-0.25, -0.2) is 0 Å². The second-order valence-corrected chi connectivity index (χ2v) is 6.98. The molecule has 24 heavy (non-hydrogen) atoms. The van der Waals surface area contributed by atoms with Gasteiger partial charge in [0.15, 0.2) is 5.76 Å². The number of halogens is 1. The van der Waals surface area contributed by atoms with Crippen LogP contribution in [0.4, 0.5) is 0 Å². The summed E-state index contributed by atoms with van der Waals surface area (Å²) in [5.41, 5.74) is 4.51. The highest BCUT2D eigenvalue weighted by molar-refractivity contribution is 7.11. The fraction of sp³-hybridized carbons (Fsp3) is 0.0476. The van der Waals surface area contributed by atoms with Crippen LogP contribution in [-0.4, -0.2) is 0 Å². The predicted molar refractivity (Wildman–Crippen MR) is 102 cm³/mol. The van der Waals surface area contributed by atoms with Gasteiger partial charge in [0.2, 0.25) is 0 Å². The lowest BCUT2D eigenvalue weighted by Crippen LogP contribution is -1.96. The number of fused-ring (bicyclic) bond motifs is 1. The summed E-state index contributed by atoms with van der Waals surface area (Å²) in [4.78, 5) is 1.03. The zero-order valence-corrected chi connectivity index (χ0v) is 14.7. The third kappa shape index (κ3) is 2.68. The van der Waals surface area contributed by atoms with Crippen LogP contribution in [0.5, 0.6) is 5.75 Å². The summed E-state index contributed by atoms with van der Waals surface area (Å²) in [6.07, 6.45) is 2.02. The summed E-state index contributed by atoms with van der Waals surface area (Å²) in [7, 11) is 0. The maximum atomic E-state index is 6.65. The van der Waals surface area contributed by atoms with Gasteiger partial charge in [0.05, 0.1) is 9.91 Å². The Kier molecular flexibility index (Phi) is 4.01. The first-order valence-electron chi connectivity index (χ1n) is 7.72. The minimum absolute atomic E-state index is 0.618. The molecular formula is C21H15ClOS. The first-order valence-corrected chi connectivity index (χ1v) is 8.98. The summed E-state index contributed by atoms with van der Waals surface area (Å²) in [6.45, 7) is 2.11. The van der Waals surface area contributed by atoms with Crippen molar-refractivity contribution in [1.82, 2.24) is 0 Å². The molecule has 1 aromatic heterocycles. The van der Waals surface area contributed by atoms with Crippen molar-refractivity contribution in [1.29, 1.82) is 0 Å². The van der Waals surface area contributed by atoms with Crippen molar-refractivity contribution in [2.75, 3.05) is 0 Å². The van der Waals surface area contributed by atoms with Crippen molar-refractivity contribution < 1.29 is 4.74 Å². The number of hydrogen-bond acceptors (Lipinski definition) is 2. The molecule has 3 heteroatoms. The standard InChI is InChI=1S/C21H15ClOS/c1-14-7-2-3-8-15(14)17-13-18(22)21(20-11-6-12-24-20)23-19-10-5-4-9-16(17)19/h2-13H,1H3. The number of benzene rings is 2. The summed E-state index contributed by atoms with van der Waals surface area (Å²) >= 11 is 8.27. The molecule has 0 bridgehead atoms. The van der Waals surface area contributed by atoms with Crippen LogP contribution in [0.15, 0.2) is 77.2 Å². The molecule has 0 saturated heterocycles. The quantitative estimate of drug-likeness (QED) is 0.513. The van der Waals surface area contributed by atoms with Crippen LogP contribution in [0.3, 0.4) is 0 Å². The molecule has 0 radical (unpaired) electrons. The normalized spacial score (nSPS) is 13.8. The van der Waals surface area contributed by atoms with Crippen LogP contribution in [0, 0.1) is 6.92 Å². The van der Waals surface area contributed by atoms with Crippen molar-refractivity contribution in [2.45, 2.75) is 6.92 Å². The highest BCUT2D eigenvalue weighted by Gasteiger charge is 2.21. The summed E-state index contributed by atoms with van der Waals surface area (Å²) in [5.74, 6) is 1.54. The molecule has 0 atom stereocenters. The highest BCUT2D eigenvalue weighted by Crippen LogP contribution is 2.41. The first-order chi connectivity index (χ1) is 11.7. The van der Waals surface area contributed by atoms with Gasteiger partial charge in [-0.05, 0) is 47.2 Å². The molecule has 0 saturated carbocycles. The van der Waals surface area contributed by atoms with E-state index in [0.29, 0.717) is 10.8 Å². The lowest BCUT2D eigenvalue weighted by molar-refractivity contribution is 0.515. The molecule has 118 valence electrons. The van der Waals surface area contributed by atoms with E-state index in [1.807, 2.05) is 47.9 Å². The Morgan fingerprint density at radius 3 is 2.38 bits per heavy atom. The zero-order valence-electron chi connectivity index (χ0n) is 13.1. The molecule has 0 N–H and O–H groups in total. The van der Waals surface area contributed by atoms with E-state index in [1.165, 1.54) is 11.1 Å². The average molecular weight is 351 g/mol. The van der Waals surface area contributed by atoms with Gasteiger partial charge in [0.25, 0.3) is 0 Å². The van der Waals surface area contributed by atoms with Crippen LogP contribution in [0.1, 0.15) is 21.6 Å². The molecule has 1 aliphatic heterocycles. The van der Waals surface area contributed by atoms with E-state index in [1.54, 1.807) is 11.3 Å². The monoisotopic (exact) mass is 350 g/mol. The molecule has 1 nitrogen and oxygen atoms in total. The van der Waals surface area contributed by atoms with Crippen LogP contribution in [0.2, 0.25) is 0 Å². The number of para-hydroxylation sites is 1. The molecule has 2 heterocycles. The Hall–Kier alpha value is -2.29. The van der Waals surface area contributed by atoms with Gasteiger partial charge in [-0.3, -0.25) is 0 Å². The highest BCUT2D eigenvalue weighted by atomic mass is 35.5. The van der Waals surface area contributed by atoms with E-state index >= 15 is 0 Å². The Morgan fingerprint density at radius 2 is 1.62 bits per heavy atom. The van der Waals surface area contributed by atoms with Crippen LogP contribution < -0.4 is 4.74 Å². The molecule has 0 amide bonds. The van der Waals surface area contributed by atoms with Gasteiger partial charge in [-0.2, -0.15) is 0 Å². The molecule has 0 unspecified atom stereocenters. The lowest BCUT2D eigenvalue weighted by Gasteiger charge is -2.13. The van der Waals surface area contributed by atoms with Crippen LogP contribution in [-0.2, 0) is 0 Å². The lowest BCUT2D eigenvalue weighted by atomic mass is 9.93. The van der Waals surface area contributed by atoms with E-state index in [9.17, 15) is 0 Å². The van der Waals surface area contributed by atoms with Crippen molar-refractivity contribution >= 4 is 34.3 Å². The fourth-order valence-electron chi connectivity index (χ4n) is 2.88. The number of allylic oxidation sites excluding steroid dienone is 2.